The van der Waals surface area contributed by atoms with Crippen LogP contribution in [-0.2, 0) is 22.7 Å². The number of hydrogen-bond donors (Lipinski definition) is 2. The molecule has 3 aromatic rings. The van der Waals surface area contributed by atoms with Crippen molar-refractivity contribution in [1.29, 1.82) is 0 Å². The highest BCUT2D eigenvalue weighted by atomic mass is 19.1. The minimum Gasteiger partial charge on any atom is -0.354 e. The van der Waals surface area contributed by atoms with Crippen LogP contribution in [-0.4, -0.2) is 39.3 Å². The number of nitrogens with one attached hydrogen (secondary N) is 2. The van der Waals surface area contributed by atoms with Gasteiger partial charge in [-0.3, -0.25) is 14.4 Å². The molecule has 184 valence electrons. The van der Waals surface area contributed by atoms with Crippen molar-refractivity contribution in [3.8, 4) is 0 Å². The van der Waals surface area contributed by atoms with E-state index in [4.69, 9.17) is 0 Å². The van der Waals surface area contributed by atoms with E-state index in [2.05, 4.69) is 24.5 Å². The van der Waals surface area contributed by atoms with Gasteiger partial charge in [0.25, 0.3) is 5.91 Å². The molecule has 0 saturated heterocycles. The minimum absolute atomic E-state index is 0.0827. The topological polar surface area (TPSA) is 83.4 Å². The summed E-state index contributed by atoms with van der Waals surface area (Å²) in [6, 6.07) is 13.6. The fraction of sp³-hybridized carbons (Fsp3) is 0.370. The van der Waals surface area contributed by atoms with Crippen LogP contribution in [0.5, 0.6) is 0 Å². The van der Waals surface area contributed by atoms with E-state index in [1.165, 1.54) is 17.9 Å². The number of halogens is 1. The van der Waals surface area contributed by atoms with Crippen molar-refractivity contribution in [3.05, 3.63) is 65.6 Å². The van der Waals surface area contributed by atoms with Crippen LogP contribution in [0, 0.1) is 11.7 Å². The van der Waals surface area contributed by atoms with Gasteiger partial charge in [-0.25, -0.2) is 4.39 Å². The second-order valence-electron chi connectivity index (χ2n) is 9.70. The highest BCUT2D eigenvalue weighted by Crippen LogP contribution is 2.39. The molecule has 35 heavy (non-hydrogen) atoms. The lowest BCUT2D eigenvalue weighted by Crippen LogP contribution is -2.63. The molecule has 1 atom stereocenters. The Kier molecular flexibility index (Phi) is 6.65. The Hall–Kier alpha value is -3.68. The number of rotatable bonds is 7. The molecule has 1 aromatic heterocycles. The summed E-state index contributed by atoms with van der Waals surface area (Å²) in [6.45, 7) is 7.80. The minimum atomic E-state index is -1.28. The Morgan fingerprint density at radius 3 is 2.49 bits per heavy atom. The first kappa shape index (κ1) is 24.4. The summed E-state index contributed by atoms with van der Waals surface area (Å²) in [4.78, 5) is 41.1. The molecule has 3 amide bonds. The number of para-hydroxylation sites is 1. The lowest BCUT2D eigenvalue weighted by atomic mass is 9.93. The van der Waals surface area contributed by atoms with Gasteiger partial charge in [-0.15, -0.1) is 0 Å². The van der Waals surface area contributed by atoms with Crippen molar-refractivity contribution in [1.82, 2.24) is 14.8 Å². The van der Waals surface area contributed by atoms with Crippen molar-refractivity contribution in [2.24, 2.45) is 5.92 Å². The quantitative estimate of drug-likeness (QED) is 0.531. The number of benzene rings is 2. The Morgan fingerprint density at radius 1 is 1.11 bits per heavy atom. The third kappa shape index (κ3) is 4.52. The van der Waals surface area contributed by atoms with E-state index in [1.807, 2.05) is 24.3 Å². The lowest BCUT2D eigenvalue weighted by molar-refractivity contribution is -0.133. The number of nitrogens with zero attached hydrogens (tertiary/aromatic N) is 2. The first-order valence-corrected chi connectivity index (χ1v) is 11.9. The Balaban J connectivity index is 1.85. The first-order valence-electron chi connectivity index (χ1n) is 11.9. The van der Waals surface area contributed by atoms with E-state index in [9.17, 15) is 18.8 Å². The molecular formula is C27H31FN4O3. The van der Waals surface area contributed by atoms with Gasteiger partial charge in [-0.05, 0) is 31.4 Å². The molecule has 2 heterocycles. The number of anilines is 1. The predicted molar refractivity (Wildman–Crippen MR) is 133 cm³/mol. The molecule has 1 aliphatic heterocycles. The molecule has 4 rings (SSSR count). The number of carbonyl (C=O) groups excluding carboxylic acids is 3. The molecular weight excluding hydrogens is 447 g/mol. The second-order valence-corrected chi connectivity index (χ2v) is 9.70. The molecule has 1 aliphatic rings. The Bertz CT molecular complexity index is 1300. The second kappa shape index (κ2) is 9.52. The summed E-state index contributed by atoms with van der Waals surface area (Å²) >= 11 is 0. The van der Waals surface area contributed by atoms with Gasteiger partial charge < -0.3 is 20.1 Å². The number of amides is 3. The highest BCUT2D eigenvalue weighted by Gasteiger charge is 2.49. The molecule has 0 saturated carbocycles. The van der Waals surface area contributed by atoms with Crippen molar-refractivity contribution in [2.45, 2.75) is 52.7 Å². The van der Waals surface area contributed by atoms with Crippen LogP contribution < -0.4 is 10.6 Å². The highest BCUT2D eigenvalue weighted by molar-refractivity contribution is 6.14. The lowest BCUT2D eigenvalue weighted by Gasteiger charge is -2.44. The summed E-state index contributed by atoms with van der Waals surface area (Å²) in [5.74, 6) is -1.09. The van der Waals surface area contributed by atoms with Crippen molar-refractivity contribution in [3.63, 3.8) is 0 Å². The fourth-order valence-corrected chi connectivity index (χ4v) is 4.64. The Morgan fingerprint density at radius 2 is 1.80 bits per heavy atom. The van der Waals surface area contributed by atoms with Gasteiger partial charge >= 0.3 is 0 Å². The van der Waals surface area contributed by atoms with Crippen LogP contribution >= 0.6 is 0 Å². The molecule has 0 bridgehead atoms. The van der Waals surface area contributed by atoms with Crippen LogP contribution in [0.25, 0.3) is 10.9 Å². The van der Waals surface area contributed by atoms with Crippen LogP contribution in [0.3, 0.4) is 0 Å². The van der Waals surface area contributed by atoms with Gasteiger partial charge in [-0.2, -0.15) is 0 Å². The summed E-state index contributed by atoms with van der Waals surface area (Å²) in [5.41, 5.74) is 0.460. The average molecular weight is 479 g/mol. The maximum atomic E-state index is 14.6. The molecule has 0 fully saturated rings. The van der Waals surface area contributed by atoms with Gasteiger partial charge in [0.15, 0.2) is 0 Å². The summed E-state index contributed by atoms with van der Waals surface area (Å²) < 4.78 is 16.4. The van der Waals surface area contributed by atoms with Gasteiger partial charge in [0, 0.05) is 24.4 Å². The Labute approximate surface area is 204 Å². The largest absolute Gasteiger partial charge is 0.354 e. The fourth-order valence-electron chi connectivity index (χ4n) is 4.64. The zero-order valence-corrected chi connectivity index (χ0v) is 20.5. The van der Waals surface area contributed by atoms with Crippen LogP contribution in [0.15, 0.2) is 48.5 Å². The van der Waals surface area contributed by atoms with Gasteiger partial charge in [0.2, 0.25) is 11.8 Å². The van der Waals surface area contributed by atoms with E-state index in [0.717, 1.165) is 11.9 Å². The number of carbonyl (C=O) groups is 3. The van der Waals surface area contributed by atoms with Gasteiger partial charge in [0.05, 0.1) is 24.3 Å². The molecule has 0 radical (unpaired) electrons. The smallest absolute Gasteiger partial charge is 0.273 e. The number of fused-ring (bicyclic) bond motifs is 3. The summed E-state index contributed by atoms with van der Waals surface area (Å²) in [7, 11) is 0. The third-order valence-corrected chi connectivity index (χ3v) is 6.56. The summed E-state index contributed by atoms with van der Waals surface area (Å²) in [5, 5.41) is 6.50. The van der Waals surface area contributed by atoms with E-state index < -0.39 is 17.3 Å². The number of aromatic nitrogens is 1. The van der Waals surface area contributed by atoms with Crippen molar-refractivity contribution < 1.29 is 18.8 Å². The number of hydrogen-bond acceptors (Lipinski definition) is 3. The first-order chi connectivity index (χ1) is 16.6. The van der Waals surface area contributed by atoms with Crippen LogP contribution in [0.4, 0.5) is 10.1 Å². The third-order valence-electron chi connectivity index (χ3n) is 6.56. The van der Waals surface area contributed by atoms with Crippen LogP contribution in [0.2, 0.25) is 0 Å². The van der Waals surface area contributed by atoms with Gasteiger partial charge in [0.1, 0.15) is 17.1 Å². The monoisotopic (exact) mass is 478 g/mol. The average Bonchev–Trinajstić information content (AvgIpc) is 3.10. The predicted octanol–water partition coefficient (Wildman–Crippen LogP) is 4.32. The standard InChI is InChI=1S/C27H31FN4O3/c1-17(2)13-14-29-26(35)27(4)16-31-22-12-8-6-10-20(22)23(30-18(3)33)24(31)25(34)32(27)15-19-9-5-7-11-21(19)28/h5-12,17H,13-16H2,1-4H3,(H,29,35)(H,30,33). The molecule has 2 aromatic carbocycles. The van der Waals surface area contributed by atoms with E-state index in [1.54, 1.807) is 29.7 Å². The van der Waals surface area contributed by atoms with Crippen LogP contribution in [0.1, 0.15) is 50.2 Å². The van der Waals surface area contributed by atoms with Crippen molar-refractivity contribution >= 4 is 34.3 Å². The van der Waals surface area contributed by atoms with E-state index in [-0.39, 0.29) is 30.6 Å². The SMILES string of the molecule is CC(=O)Nc1c2n(c3ccccc13)CC(C)(C(=O)NCCC(C)C)N(Cc1ccccc1F)C2=O. The molecule has 1 unspecified atom stereocenters. The molecule has 7 nitrogen and oxygen atoms in total. The van der Waals surface area contributed by atoms with E-state index >= 15 is 0 Å². The zero-order chi connectivity index (χ0) is 25.3. The normalized spacial score (nSPS) is 17.5. The molecule has 8 heteroatoms. The maximum Gasteiger partial charge on any atom is 0.273 e. The molecule has 0 spiro atoms. The molecule has 0 aliphatic carbocycles. The maximum absolute atomic E-state index is 14.6. The zero-order valence-electron chi connectivity index (χ0n) is 20.5. The van der Waals surface area contributed by atoms with E-state index in [0.29, 0.717) is 29.1 Å². The van der Waals surface area contributed by atoms with Crippen molar-refractivity contribution in [2.75, 3.05) is 11.9 Å². The molecule has 2 N–H and O–H groups in total. The van der Waals surface area contributed by atoms with Gasteiger partial charge in [-0.1, -0.05) is 50.2 Å². The summed E-state index contributed by atoms with van der Waals surface area (Å²) in [6.07, 6.45) is 0.799.